The van der Waals surface area contributed by atoms with E-state index in [1.165, 1.54) is 19.4 Å². The van der Waals surface area contributed by atoms with E-state index in [0.29, 0.717) is 12.1 Å². The predicted molar refractivity (Wildman–Crippen MR) is 59.6 cm³/mol. The summed E-state index contributed by atoms with van der Waals surface area (Å²) in [6.45, 7) is 8.54. The van der Waals surface area contributed by atoms with E-state index in [4.69, 9.17) is 4.74 Å². The largest absolute Gasteiger partial charge is 0.380 e. The molecule has 0 saturated carbocycles. The van der Waals surface area contributed by atoms with Crippen LogP contribution < -0.4 is 5.32 Å². The van der Waals surface area contributed by atoms with Crippen LogP contribution in [0.15, 0.2) is 0 Å². The lowest BCUT2D eigenvalue weighted by molar-refractivity contribution is 0.158. The topological polar surface area (TPSA) is 24.5 Å². The average Bonchev–Trinajstić information content (AvgIpc) is 2.64. The number of likely N-dealkylation sites (N-methyl/N-ethyl adjacent to an activating group) is 1. The van der Waals surface area contributed by atoms with Crippen molar-refractivity contribution in [3.63, 3.8) is 0 Å². The van der Waals surface area contributed by atoms with E-state index in [0.717, 1.165) is 19.8 Å². The monoisotopic (exact) mass is 200 g/mol. The highest BCUT2D eigenvalue weighted by atomic mass is 16.5. The van der Waals surface area contributed by atoms with Crippen LogP contribution in [-0.2, 0) is 4.74 Å². The summed E-state index contributed by atoms with van der Waals surface area (Å²) in [4.78, 5) is 2.43. The molecule has 1 aliphatic heterocycles. The van der Waals surface area contributed by atoms with Gasteiger partial charge in [-0.25, -0.2) is 0 Å². The predicted octanol–water partition coefficient (Wildman–Crippen LogP) is 1.10. The van der Waals surface area contributed by atoms with E-state index in [1.807, 2.05) is 0 Å². The maximum atomic E-state index is 5.37. The Morgan fingerprint density at radius 3 is 2.86 bits per heavy atom. The SMILES string of the molecule is CC(C)NCCCN(C)C1CCOC1. The fraction of sp³-hybridized carbons (Fsp3) is 1.00. The molecule has 0 amide bonds. The highest BCUT2D eigenvalue weighted by Crippen LogP contribution is 2.10. The first kappa shape index (κ1) is 12.0. The summed E-state index contributed by atoms with van der Waals surface area (Å²) in [5, 5.41) is 3.43. The molecule has 1 fully saturated rings. The van der Waals surface area contributed by atoms with Gasteiger partial charge in [0.25, 0.3) is 0 Å². The van der Waals surface area contributed by atoms with Crippen LogP contribution in [0.25, 0.3) is 0 Å². The first-order valence-electron chi connectivity index (χ1n) is 5.71. The summed E-state index contributed by atoms with van der Waals surface area (Å²) in [5.74, 6) is 0. The van der Waals surface area contributed by atoms with Crippen LogP contribution in [-0.4, -0.2) is 50.3 Å². The van der Waals surface area contributed by atoms with Gasteiger partial charge < -0.3 is 15.0 Å². The Morgan fingerprint density at radius 2 is 2.29 bits per heavy atom. The first-order valence-corrected chi connectivity index (χ1v) is 5.71. The van der Waals surface area contributed by atoms with Gasteiger partial charge in [0.05, 0.1) is 6.61 Å². The molecule has 1 atom stereocenters. The second-order valence-electron chi connectivity index (χ2n) is 4.46. The third-order valence-corrected chi connectivity index (χ3v) is 2.77. The molecule has 0 aromatic rings. The number of rotatable bonds is 6. The minimum atomic E-state index is 0.607. The van der Waals surface area contributed by atoms with Gasteiger partial charge in [-0.1, -0.05) is 13.8 Å². The van der Waals surface area contributed by atoms with Gasteiger partial charge in [0.15, 0.2) is 0 Å². The van der Waals surface area contributed by atoms with E-state index in [9.17, 15) is 0 Å². The highest BCUT2D eigenvalue weighted by Gasteiger charge is 2.19. The van der Waals surface area contributed by atoms with E-state index < -0.39 is 0 Å². The molecule has 1 heterocycles. The Bertz CT molecular complexity index is 144. The second kappa shape index (κ2) is 6.38. The third kappa shape index (κ3) is 4.40. The van der Waals surface area contributed by atoms with Crippen molar-refractivity contribution in [1.29, 1.82) is 0 Å². The molecule has 0 bridgehead atoms. The van der Waals surface area contributed by atoms with E-state index >= 15 is 0 Å². The van der Waals surface area contributed by atoms with Crippen molar-refractivity contribution in [2.45, 2.75) is 38.8 Å². The van der Waals surface area contributed by atoms with E-state index in [2.05, 4.69) is 31.1 Å². The van der Waals surface area contributed by atoms with Crippen molar-refractivity contribution >= 4 is 0 Å². The minimum absolute atomic E-state index is 0.607. The zero-order valence-electron chi connectivity index (χ0n) is 9.75. The molecule has 0 aromatic carbocycles. The Balaban J connectivity index is 1.99. The van der Waals surface area contributed by atoms with Gasteiger partial charge in [0.2, 0.25) is 0 Å². The van der Waals surface area contributed by atoms with Crippen LogP contribution in [0.3, 0.4) is 0 Å². The van der Waals surface area contributed by atoms with Crippen molar-refractivity contribution in [2.24, 2.45) is 0 Å². The number of hydrogen-bond donors (Lipinski definition) is 1. The van der Waals surface area contributed by atoms with Gasteiger partial charge in [-0.15, -0.1) is 0 Å². The summed E-state index contributed by atoms with van der Waals surface area (Å²) in [6, 6.07) is 1.27. The summed E-state index contributed by atoms with van der Waals surface area (Å²) >= 11 is 0. The van der Waals surface area contributed by atoms with Gasteiger partial charge in [0.1, 0.15) is 0 Å². The number of nitrogens with one attached hydrogen (secondary N) is 1. The maximum Gasteiger partial charge on any atom is 0.0622 e. The van der Waals surface area contributed by atoms with Crippen molar-refractivity contribution in [1.82, 2.24) is 10.2 Å². The summed E-state index contributed by atoms with van der Waals surface area (Å²) in [7, 11) is 2.20. The lowest BCUT2D eigenvalue weighted by Gasteiger charge is -2.22. The number of ether oxygens (including phenoxy) is 1. The van der Waals surface area contributed by atoms with Gasteiger partial charge >= 0.3 is 0 Å². The fourth-order valence-corrected chi connectivity index (χ4v) is 1.77. The average molecular weight is 200 g/mol. The van der Waals surface area contributed by atoms with Crippen LogP contribution in [0.4, 0.5) is 0 Å². The fourth-order valence-electron chi connectivity index (χ4n) is 1.77. The van der Waals surface area contributed by atoms with Gasteiger partial charge in [-0.2, -0.15) is 0 Å². The first-order chi connectivity index (χ1) is 6.70. The van der Waals surface area contributed by atoms with Gasteiger partial charge in [0, 0.05) is 18.7 Å². The minimum Gasteiger partial charge on any atom is -0.380 e. The Hall–Kier alpha value is -0.120. The van der Waals surface area contributed by atoms with Crippen LogP contribution in [0.5, 0.6) is 0 Å². The molecule has 1 N–H and O–H groups in total. The zero-order chi connectivity index (χ0) is 10.4. The molecule has 1 aliphatic rings. The number of nitrogens with zero attached hydrogens (tertiary/aromatic N) is 1. The standard InChI is InChI=1S/C11H24N2O/c1-10(2)12-6-4-7-13(3)11-5-8-14-9-11/h10-12H,4-9H2,1-3H3. The molecule has 14 heavy (non-hydrogen) atoms. The summed E-state index contributed by atoms with van der Waals surface area (Å²) < 4.78 is 5.37. The Kier molecular flexibility index (Phi) is 5.45. The third-order valence-electron chi connectivity index (χ3n) is 2.77. The normalized spacial score (nSPS) is 22.5. The van der Waals surface area contributed by atoms with Crippen molar-refractivity contribution in [2.75, 3.05) is 33.4 Å². The van der Waals surface area contributed by atoms with Crippen LogP contribution in [0.2, 0.25) is 0 Å². The van der Waals surface area contributed by atoms with Crippen LogP contribution >= 0.6 is 0 Å². The Labute approximate surface area is 87.8 Å². The lowest BCUT2D eigenvalue weighted by atomic mass is 10.2. The molecule has 0 aromatic heterocycles. The van der Waals surface area contributed by atoms with Crippen molar-refractivity contribution in [3.05, 3.63) is 0 Å². The Morgan fingerprint density at radius 1 is 1.50 bits per heavy atom. The molecule has 1 unspecified atom stereocenters. The maximum absolute atomic E-state index is 5.37. The number of hydrogen-bond acceptors (Lipinski definition) is 3. The highest BCUT2D eigenvalue weighted by molar-refractivity contribution is 4.72. The molecule has 84 valence electrons. The molecule has 0 radical (unpaired) electrons. The smallest absolute Gasteiger partial charge is 0.0622 e. The molecule has 1 saturated heterocycles. The second-order valence-corrected chi connectivity index (χ2v) is 4.46. The van der Waals surface area contributed by atoms with Crippen LogP contribution in [0.1, 0.15) is 26.7 Å². The zero-order valence-corrected chi connectivity index (χ0v) is 9.75. The van der Waals surface area contributed by atoms with E-state index in [-0.39, 0.29) is 0 Å². The summed E-state index contributed by atoms with van der Waals surface area (Å²) in [6.07, 6.45) is 2.43. The molecule has 0 spiro atoms. The molecular weight excluding hydrogens is 176 g/mol. The lowest BCUT2D eigenvalue weighted by Crippen LogP contribution is -2.34. The molecule has 0 aliphatic carbocycles. The van der Waals surface area contributed by atoms with Crippen molar-refractivity contribution in [3.8, 4) is 0 Å². The summed E-state index contributed by atoms with van der Waals surface area (Å²) in [5.41, 5.74) is 0. The van der Waals surface area contributed by atoms with Gasteiger partial charge in [-0.05, 0) is 33.0 Å². The quantitative estimate of drug-likeness (QED) is 0.650. The van der Waals surface area contributed by atoms with E-state index in [1.54, 1.807) is 0 Å². The van der Waals surface area contributed by atoms with Gasteiger partial charge in [-0.3, -0.25) is 0 Å². The molecule has 3 nitrogen and oxygen atoms in total. The molecular formula is C11H24N2O. The molecule has 3 heteroatoms. The molecule has 1 rings (SSSR count). The van der Waals surface area contributed by atoms with Crippen LogP contribution in [0, 0.1) is 0 Å². The van der Waals surface area contributed by atoms with Crippen molar-refractivity contribution < 1.29 is 4.74 Å².